The van der Waals surface area contributed by atoms with Crippen LogP contribution in [0.2, 0.25) is 0 Å². The standard InChI is InChI=1S/C26H27NO5/c1-4-27(22-16-18-23(30-3)19-17-22)26(25(29)31-5-2,21-14-10-7-11-15-21)32-24(28)20-12-8-6-9-13-20/h6-19H,4-5H2,1-3H3. The van der Waals surface area contributed by atoms with Gasteiger partial charge >= 0.3 is 17.7 Å². The normalized spacial score (nSPS) is 12.3. The zero-order valence-corrected chi connectivity index (χ0v) is 18.5. The number of hydrogen-bond acceptors (Lipinski definition) is 6. The Morgan fingerprint density at radius 2 is 1.44 bits per heavy atom. The largest absolute Gasteiger partial charge is 0.497 e. The molecule has 0 aliphatic rings. The lowest BCUT2D eigenvalue weighted by Gasteiger charge is -2.41. The highest BCUT2D eigenvalue weighted by Gasteiger charge is 2.51. The lowest BCUT2D eigenvalue weighted by molar-refractivity contribution is -0.167. The first-order valence-corrected chi connectivity index (χ1v) is 10.5. The van der Waals surface area contributed by atoms with E-state index in [1.54, 1.807) is 79.6 Å². The fraction of sp³-hybridized carbons (Fsp3) is 0.231. The Labute approximate surface area is 188 Å². The Bertz CT molecular complexity index is 1020. The first-order chi connectivity index (χ1) is 15.6. The molecule has 0 aliphatic heterocycles. The molecular formula is C26H27NO5. The van der Waals surface area contributed by atoms with Crippen molar-refractivity contribution < 1.29 is 23.8 Å². The third-order valence-corrected chi connectivity index (χ3v) is 5.05. The molecule has 0 radical (unpaired) electrons. The quantitative estimate of drug-likeness (QED) is 0.357. The molecule has 166 valence electrons. The Balaban J connectivity index is 2.20. The summed E-state index contributed by atoms with van der Waals surface area (Å²) in [7, 11) is 1.58. The molecule has 6 nitrogen and oxygen atoms in total. The maximum atomic E-state index is 13.6. The van der Waals surface area contributed by atoms with Gasteiger partial charge in [-0.15, -0.1) is 0 Å². The summed E-state index contributed by atoms with van der Waals surface area (Å²) in [5.74, 6) is -0.629. The number of benzene rings is 3. The van der Waals surface area contributed by atoms with Crippen LogP contribution in [0.25, 0.3) is 0 Å². The van der Waals surface area contributed by atoms with Gasteiger partial charge in [-0.05, 0) is 50.2 Å². The number of likely N-dealkylation sites (N-methyl/N-ethyl adjacent to an activating group) is 1. The van der Waals surface area contributed by atoms with Gasteiger partial charge in [-0.25, -0.2) is 9.59 Å². The highest BCUT2D eigenvalue weighted by Crippen LogP contribution is 2.37. The Hall–Kier alpha value is -3.80. The first kappa shape index (κ1) is 22.9. The van der Waals surface area contributed by atoms with E-state index in [-0.39, 0.29) is 6.61 Å². The fourth-order valence-electron chi connectivity index (χ4n) is 3.55. The molecule has 0 N–H and O–H groups in total. The number of ether oxygens (including phenoxy) is 3. The van der Waals surface area contributed by atoms with E-state index >= 15 is 0 Å². The van der Waals surface area contributed by atoms with Gasteiger partial charge in [-0.1, -0.05) is 48.5 Å². The van der Waals surface area contributed by atoms with Gasteiger partial charge in [0.15, 0.2) is 0 Å². The molecule has 0 bridgehead atoms. The molecule has 0 aromatic heterocycles. The van der Waals surface area contributed by atoms with E-state index in [4.69, 9.17) is 14.2 Å². The van der Waals surface area contributed by atoms with Crippen LogP contribution in [-0.4, -0.2) is 32.2 Å². The second kappa shape index (κ2) is 10.5. The average molecular weight is 434 g/mol. The van der Waals surface area contributed by atoms with E-state index in [0.717, 1.165) is 0 Å². The van der Waals surface area contributed by atoms with Crippen LogP contribution < -0.4 is 9.64 Å². The minimum Gasteiger partial charge on any atom is -0.497 e. The molecule has 0 amide bonds. The molecule has 3 aromatic carbocycles. The third-order valence-electron chi connectivity index (χ3n) is 5.05. The van der Waals surface area contributed by atoms with Crippen LogP contribution in [0.1, 0.15) is 29.8 Å². The van der Waals surface area contributed by atoms with E-state index in [1.165, 1.54) is 0 Å². The minimum atomic E-state index is -1.83. The first-order valence-electron chi connectivity index (χ1n) is 10.5. The summed E-state index contributed by atoms with van der Waals surface area (Å²) < 4.78 is 16.8. The maximum absolute atomic E-state index is 13.6. The van der Waals surface area contributed by atoms with Crippen molar-refractivity contribution in [2.45, 2.75) is 19.6 Å². The SMILES string of the molecule is CCOC(=O)C(OC(=O)c1ccccc1)(c1ccccc1)N(CC)c1ccc(OC)cc1. The molecule has 0 saturated heterocycles. The molecule has 0 heterocycles. The van der Waals surface area contributed by atoms with Crippen molar-refractivity contribution in [2.24, 2.45) is 0 Å². The van der Waals surface area contributed by atoms with Gasteiger partial charge in [-0.3, -0.25) is 0 Å². The smallest absolute Gasteiger partial charge is 0.377 e. The summed E-state index contributed by atoms with van der Waals surface area (Å²) in [6.45, 7) is 4.10. The zero-order chi connectivity index (χ0) is 23.0. The van der Waals surface area contributed by atoms with E-state index < -0.39 is 17.7 Å². The number of esters is 2. The van der Waals surface area contributed by atoms with Gasteiger partial charge < -0.3 is 19.1 Å². The van der Waals surface area contributed by atoms with Gasteiger partial charge in [0.25, 0.3) is 0 Å². The molecular weight excluding hydrogens is 406 g/mol. The summed E-state index contributed by atoms with van der Waals surface area (Å²) in [6, 6.07) is 24.7. The average Bonchev–Trinajstić information content (AvgIpc) is 2.85. The van der Waals surface area contributed by atoms with E-state index in [9.17, 15) is 9.59 Å². The lowest BCUT2D eigenvalue weighted by atomic mass is 9.99. The summed E-state index contributed by atoms with van der Waals surface area (Å²) in [4.78, 5) is 28.5. The Kier molecular flexibility index (Phi) is 7.49. The Morgan fingerprint density at radius 3 is 1.97 bits per heavy atom. The molecule has 0 saturated carbocycles. The van der Waals surface area contributed by atoms with E-state index in [1.807, 2.05) is 31.2 Å². The molecule has 3 aromatic rings. The van der Waals surface area contributed by atoms with Crippen LogP contribution in [0.15, 0.2) is 84.9 Å². The summed E-state index contributed by atoms with van der Waals surface area (Å²) >= 11 is 0. The van der Waals surface area contributed by atoms with Gasteiger partial charge in [0.05, 0.1) is 19.3 Å². The van der Waals surface area contributed by atoms with Gasteiger partial charge in [0.1, 0.15) is 5.75 Å². The van der Waals surface area contributed by atoms with Crippen LogP contribution in [-0.2, 0) is 20.0 Å². The molecule has 3 rings (SSSR count). The molecule has 0 fully saturated rings. The number of carbonyl (C=O) groups excluding carboxylic acids is 2. The highest BCUT2D eigenvalue weighted by molar-refractivity contribution is 5.94. The van der Waals surface area contributed by atoms with Crippen LogP contribution in [0.3, 0.4) is 0 Å². The number of nitrogens with zero attached hydrogens (tertiary/aromatic N) is 1. The predicted octanol–water partition coefficient (Wildman–Crippen LogP) is 4.79. The molecule has 32 heavy (non-hydrogen) atoms. The van der Waals surface area contributed by atoms with Crippen molar-refractivity contribution in [1.29, 1.82) is 0 Å². The van der Waals surface area contributed by atoms with Crippen molar-refractivity contribution in [3.8, 4) is 5.75 Å². The van der Waals surface area contributed by atoms with Crippen molar-refractivity contribution in [3.05, 3.63) is 96.1 Å². The number of rotatable bonds is 9. The van der Waals surface area contributed by atoms with Crippen LogP contribution in [0.4, 0.5) is 5.69 Å². The molecule has 0 spiro atoms. The van der Waals surface area contributed by atoms with Gasteiger partial charge in [0, 0.05) is 17.8 Å². The number of carbonyl (C=O) groups is 2. The second-order valence-electron chi connectivity index (χ2n) is 6.93. The topological polar surface area (TPSA) is 65.1 Å². The summed E-state index contributed by atoms with van der Waals surface area (Å²) in [5.41, 5.74) is -0.331. The Morgan fingerprint density at radius 1 is 0.844 bits per heavy atom. The van der Waals surface area contributed by atoms with Crippen molar-refractivity contribution in [1.82, 2.24) is 0 Å². The molecule has 0 aliphatic carbocycles. The van der Waals surface area contributed by atoms with Crippen molar-refractivity contribution >= 4 is 17.6 Å². The summed E-state index contributed by atoms with van der Waals surface area (Å²) in [6.07, 6.45) is 0. The van der Waals surface area contributed by atoms with E-state index in [2.05, 4.69) is 0 Å². The van der Waals surface area contributed by atoms with Crippen molar-refractivity contribution in [3.63, 3.8) is 0 Å². The number of anilines is 1. The van der Waals surface area contributed by atoms with E-state index in [0.29, 0.717) is 29.1 Å². The summed E-state index contributed by atoms with van der Waals surface area (Å²) in [5, 5.41) is 0. The third kappa shape index (κ3) is 4.59. The monoisotopic (exact) mass is 433 g/mol. The highest BCUT2D eigenvalue weighted by atomic mass is 16.6. The van der Waals surface area contributed by atoms with Crippen LogP contribution in [0, 0.1) is 0 Å². The predicted molar refractivity (Wildman–Crippen MR) is 123 cm³/mol. The maximum Gasteiger partial charge on any atom is 0.377 e. The van der Waals surface area contributed by atoms with Crippen LogP contribution in [0.5, 0.6) is 5.75 Å². The minimum absolute atomic E-state index is 0.135. The van der Waals surface area contributed by atoms with Crippen LogP contribution >= 0.6 is 0 Å². The van der Waals surface area contributed by atoms with Gasteiger partial charge in [0.2, 0.25) is 0 Å². The molecule has 6 heteroatoms. The van der Waals surface area contributed by atoms with Crippen molar-refractivity contribution in [2.75, 3.05) is 25.2 Å². The lowest BCUT2D eigenvalue weighted by Crippen LogP contribution is -2.56. The fourth-order valence-corrected chi connectivity index (χ4v) is 3.55. The number of methoxy groups -OCH3 is 1. The molecule has 1 unspecified atom stereocenters. The molecule has 1 atom stereocenters. The zero-order valence-electron chi connectivity index (χ0n) is 18.5. The van der Waals surface area contributed by atoms with Gasteiger partial charge in [-0.2, -0.15) is 0 Å². The number of hydrogen-bond donors (Lipinski definition) is 0. The second-order valence-corrected chi connectivity index (χ2v) is 6.93.